The minimum atomic E-state index is -1.20. The van der Waals surface area contributed by atoms with Gasteiger partial charge in [0.25, 0.3) is 0 Å². The average Bonchev–Trinajstić information content (AvgIpc) is 2.79. The smallest absolute Gasteiger partial charge is 0.228 e. The fourth-order valence-corrected chi connectivity index (χ4v) is 3.01. The Labute approximate surface area is 133 Å². The van der Waals surface area contributed by atoms with Crippen molar-refractivity contribution in [3.8, 4) is 0 Å². The molecule has 0 aromatic heterocycles. The number of hydrogen-bond donors (Lipinski definition) is 2. The molecule has 6 heteroatoms. The van der Waals surface area contributed by atoms with Crippen molar-refractivity contribution in [2.24, 2.45) is 0 Å². The van der Waals surface area contributed by atoms with Crippen molar-refractivity contribution in [2.45, 2.75) is 12.5 Å². The molecular weight excluding hydrogens is 361 g/mol. The normalized spacial score (nSPS) is 14.8. The predicted octanol–water partition coefficient (Wildman–Crippen LogP) is 3.82. The van der Waals surface area contributed by atoms with Crippen LogP contribution < -0.4 is 5.32 Å². The van der Waals surface area contributed by atoms with Gasteiger partial charge in [0.1, 0.15) is 11.9 Å². The zero-order valence-electron chi connectivity index (χ0n) is 10.7. The van der Waals surface area contributed by atoms with Crippen LogP contribution in [0.15, 0.2) is 34.8 Å². The van der Waals surface area contributed by atoms with E-state index in [0.717, 1.165) is 5.56 Å². The Balaban J connectivity index is 2.06. The van der Waals surface area contributed by atoms with Gasteiger partial charge in [-0.2, -0.15) is 0 Å². The fraction of sp³-hybridized carbons (Fsp3) is 0.133. The Hall–Kier alpha value is -1.43. The molecule has 2 aromatic rings. The SMILES string of the molecule is O=C1Cc2cc(C(O)c3cc(Br)ccc3F)c(Cl)cc2N1. The van der Waals surface area contributed by atoms with Crippen molar-refractivity contribution in [3.05, 3.63) is 62.3 Å². The zero-order valence-corrected chi connectivity index (χ0v) is 13.0. The van der Waals surface area contributed by atoms with E-state index in [1.807, 2.05) is 0 Å². The van der Waals surface area contributed by atoms with Gasteiger partial charge < -0.3 is 10.4 Å². The molecule has 2 N–H and O–H groups in total. The minimum Gasteiger partial charge on any atom is -0.383 e. The van der Waals surface area contributed by atoms with Gasteiger partial charge in [-0.15, -0.1) is 0 Å². The second kappa shape index (κ2) is 5.40. The molecule has 1 unspecified atom stereocenters. The summed E-state index contributed by atoms with van der Waals surface area (Å²) >= 11 is 9.39. The van der Waals surface area contributed by atoms with Crippen molar-refractivity contribution in [1.82, 2.24) is 0 Å². The van der Waals surface area contributed by atoms with E-state index < -0.39 is 11.9 Å². The molecular formula is C15H10BrClFNO2. The third-order valence-corrected chi connectivity index (χ3v) is 4.22. The van der Waals surface area contributed by atoms with E-state index in [2.05, 4.69) is 21.2 Å². The Kier molecular flexibility index (Phi) is 3.73. The summed E-state index contributed by atoms with van der Waals surface area (Å²) in [6, 6.07) is 7.55. The Morgan fingerprint density at radius 2 is 2.05 bits per heavy atom. The number of nitrogens with one attached hydrogen (secondary N) is 1. The number of hydrogen-bond acceptors (Lipinski definition) is 2. The van der Waals surface area contributed by atoms with Crippen LogP contribution in [0.3, 0.4) is 0 Å². The Morgan fingerprint density at radius 1 is 1.29 bits per heavy atom. The van der Waals surface area contributed by atoms with Crippen molar-refractivity contribution in [2.75, 3.05) is 5.32 Å². The number of carbonyl (C=O) groups excluding carboxylic acids is 1. The van der Waals surface area contributed by atoms with Gasteiger partial charge in [-0.05, 0) is 35.9 Å². The van der Waals surface area contributed by atoms with Crippen LogP contribution in [0.25, 0.3) is 0 Å². The van der Waals surface area contributed by atoms with Crippen LogP contribution in [0.2, 0.25) is 5.02 Å². The van der Waals surface area contributed by atoms with Gasteiger partial charge in [0, 0.05) is 26.3 Å². The first-order chi connectivity index (χ1) is 9.95. The minimum absolute atomic E-state index is 0.124. The largest absolute Gasteiger partial charge is 0.383 e. The van der Waals surface area contributed by atoms with Crippen LogP contribution in [-0.4, -0.2) is 11.0 Å². The summed E-state index contributed by atoms with van der Waals surface area (Å²) in [6.07, 6.45) is -0.969. The highest BCUT2D eigenvalue weighted by molar-refractivity contribution is 9.10. The molecule has 0 radical (unpaired) electrons. The average molecular weight is 371 g/mol. The lowest BCUT2D eigenvalue weighted by molar-refractivity contribution is -0.115. The lowest BCUT2D eigenvalue weighted by Gasteiger charge is -2.15. The molecule has 0 saturated heterocycles. The molecule has 1 atom stereocenters. The molecule has 21 heavy (non-hydrogen) atoms. The van der Waals surface area contributed by atoms with Crippen molar-refractivity contribution in [3.63, 3.8) is 0 Å². The van der Waals surface area contributed by atoms with Crippen molar-refractivity contribution >= 4 is 39.1 Å². The molecule has 1 aliphatic rings. The second-order valence-electron chi connectivity index (χ2n) is 4.82. The summed E-state index contributed by atoms with van der Waals surface area (Å²) in [5.74, 6) is -0.641. The molecule has 3 rings (SSSR count). The Bertz CT molecular complexity index is 751. The highest BCUT2D eigenvalue weighted by atomic mass is 79.9. The summed E-state index contributed by atoms with van der Waals surface area (Å²) in [5, 5.41) is 13.4. The standard InChI is InChI=1S/C15H10BrClFNO2/c16-8-1-2-12(18)10(5-8)15(21)9-3-7-4-14(20)19-13(7)6-11(9)17/h1-3,5-6,15,21H,4H2,(H,19,20). The molecule has 108 valence electrons. The van der Waals surface area contributed by atoms with Gasteiger partial charge in [-0.3, -0.25) is 4.79 Å². The summed E-state index contributed by atoms with van der Waals surface area (Å²) in [7, 11) is 0. The third-order valence-electron chi connectivity index (χ3n) is 3.39. The summed E-state index contributed by atoms with van der Waals surface area (Å²) in [6.45, 7) is 0. The highest BCUT2D eigenvalue weighted by Crippen LogP contribution is 2.36. The lowest BCUT2D eigenvalue weighted by atomic mass is 9.98. The van der Waals surface area contributed by atoms with E-state index in [-0.39, 0.29) is 22.9 Å². The van der Waals surface area contributed by atoms with Gasteiger partial charge in [0.2, 0.25) is 5.91 Å². The zero-order chi connectivity index (χ0) is 15.1. The second-order valence-corrected chi connectivity index (χ2v) is 6.15. The van der Waals surface area contributed by atoms with E-state index in [9.17, 15) is 14.3 Å². The molecule has 0 bridgehead atoms. The third kappa shape index (κ3) is 2.69. The van der Waals surface area contributed by atoms with Crippen LogP contribution in [0.4, 0.5) is 10.1 Å². The highest BCUT2D eigenvalue weighted by Gasteiger charge is 2.24. The number of halogens is 3. The molecule has 0 saturated carbocycles. The summed E-state index contributed by atoms with van der Waals surface area (Å²) in [4.78, 5) is 11.4. The fourth-order valence-electron chi connectivity index (χ4n) is 2.37. The Morgan fingerprint density at radius 3 is 2.81 bits per heavy atom. The van der Waals surface area contributed by atoms with Crippen LogP contribution in [-0.2, 0) is 11.2 Å². The lowest BCUT2D eigenvalue weighted by Crippen LogP contribution is -2.04. The van der Waals surface area contributed by atoms with Gasteiger partial charge in [0.15, 0.2) is 0 Å². The number of carbonyl (C=O) groups is 1. The number of benzene rings is 2. The van der Waals surface area contributed by atoms with Crippen LogP contribution >= 0.6 is 27.5 Å². The summed E-state index contributed by atoms with van der Waals surface area (Å²) < 4.78 is 14.5. The topological polar surface area (TPSA) is 49.3 Å². The monoisotopic (exact) mass is 369 g/mol. The van der Waals surface area contributed by atoms with E-state index in [1.54, 1.807) is 18.2 Å². The number of aliphatic hydroxyl groups excluding tert-OH is 1. The van der Waals surface area contributed by atoms with Crippen molar-refractivity contribution < 1.29 is 14.3 Å². The van der Waals surface area contributed by atoms with E-state index in [4.69, 9.17) is 11.6 Å². The quantitative estimate of drug-likeness (QED) is 0.844. The maximum atomic E-state index is 13.9. The number of aliphatic hydroxyl groups is 1. The molecule has 3 nitrogen and oxygen atoms in total. The molecule has 1 heterocycles. The van der Waals surface area contributed by atoms with Crippen LogP contribution in [0, 0.1) is 5.82 Å². The van der Waals surface area contributed by atoms with E-state index >= 15 is 0 Å². The van der Waals surface area contributed by atoms with E-state index in [0.29, 0.717) is 15.7 Å². The summed E-state index contributed by atoms with van der Waals surface area (Å²) in [5.41, 5.74) is 1.89. The first-order valence-corrected chi connectivity index (χ1v) is 7.38. The number of fused-ring (bicyclic) bond motifs is 1. The van der Waals surface area contributed by atoms with Gasteiger partial charge >= 0.3 is 0 Å². The first-order valence-electron chi connectivity index (χ1n) is 6.21. The molecule has 0 fully saturated rings. The number of amides is 1. The molecule has 2 aromatic carbocycles. The predicted molar refractivity (Wildman–Crippen MR) is 81.9 cm³/mol. The van der Waals surface area contributed by atoms with Crippen LogP contribution in [0.5, 0.6) is 0 Å². The maximum absolute atomic E-state index is 13.9. The van der Waals surface area contributed by atoms with E-state index in [1.165, 1.54) is 12.1 Å². The van der Waals surface area contributed by atoms with Gasteiger partial charge in [-0.25, -0.2) is 4.39 Å². The number of anilines is 1. The van der Waals surface area contributed by atoms with Crippen molar-refractivity contribution in [1.29, 1.82) is 0 Å². The van der Waals surface area contributed by atoms with Gasteiger partial charge in [-0.1, -0.05) is 27.5 Å². The maximum Gasteiger partial charge on any atom is 0.228 e. The number of rotatable bonds is 2. The van der Waals surface area contributed by atoms with Crippen LogP contribution in [0.1, 0.15) is 22.8 Å². The van der Waals surface area contributed by atoms with Gasteiger partial charge in [0.05, 0.1) is 6.42 Å². The first kappa shape index (κ1) is 14.5. The molecule has 1 amide bonds. The molecule has 0 aliphatic carbocycles. The molecule has 1 aliphatic heterocycles. The molecule has 0 spiro atoms.